The van der Waals surface area contributed by atoms with E-state index >= 15 is 0 Å². The maximum Gasteiger partial charge on any atom is 0.315 e. The number of aliphatic carboxylic acids is 1. The van der Waals surface area contributed by atoms with E-state index in [-0.39, 0.29) is 13.0 Å². The molecule has 1 saturated carbocycles. The molecule has 0 heterocycles. The average molecular weight is 271 g/mol. The third kappa shape index (κ3) is 4.11. The number of rotatable bonds is 6. The second-order valence-electron chi connectivity index (χ2n) is 5.76. The number of hydrogen-bond acceptors (Lipinski definition) is 3. The largest absolute Gasteiger partial charge is 0.481 e. The number of carbonyl (C=O) groups excluding carboxylic acids is 2. The van der Waals surface area contributed by atoms with Crippen molar-refractivity contribution in [1.82, 2.24) is 10.6 Å². The van der Waals surface area contributed by atoms with Crippen LogP contribution < -0.4 is 16.4 Å². The Labute approximate surface area is 111 Å². The van der Waals surface area contributed by atoms with Gasteiger partial charge >= 0.3 is 12.0 Å². The Kier molecular flexibility index (Phi) is 4.39. The van der Waals surface area contributed by atoms with Gasteiger partial charge in [0.15, 0.2) is 0 Å². The number of carboxylic acid groups (broad SMARTS) is 1. The van der Waals surface area contributed by atoms with Gasteiger partial charge in [0.25, 0.3) is 0 Å². The molecule has 1 fully saturated rings. The van der Waals surface area contributed by atoms with Gasteiger partial charge in [-0.1, -0.05) is 0 Å². The van der Waals surface area contributed by atoms with E-state index < -0.39 is 28.9 Å². The molecule has 1 aliphatic carbocycles. The molecule has 0 unspecified atom stereocenters. The van der Waals surface area contributed by atoms with E-state index in [0.29, 0.717) is 12.8 Å². The summed E-state index contributed by atoms with van der Waals surface area (Å²) in [4.78, 5) is 33.6. The van der Waals surface area contributed by atoms with Crippen molar-refractivity contribution in [3.63, 3.8) is 0 Å². The van der Waals surface area contributed by atoms with E-state index in [4.69, 9.17) is 10.8 Å². The lowest BCUT2D eigenvalue weighted by Crippen LogP contribution is -2.58. The van der Waals surface area contributed by atoms with E-state index in [0.717, 1.165) is 6.42 Å². The number of carbonyl (C=O) groups is 3. The van der Waals surface area contributed by atoms with Crippen LogP contribution in [0.2, 0.25) is 0 Å². The van der Waals surface area contributed by atoms with Crippen LogP contribution in [0.5, 0.6) is 0 Å². The van der Waals surface area contributed by atoms with Crippen LogP contribution in [0.25, 0.3) is 0 Å². The molecule has 0 radical (unpaired) electrons. The monoisotopic (exact) mass is 271 g/mol. The average Bonchev–Trinajstić information content (AvgIpc) is 2.22. The Morgan fingerprint density at radius 3 is 2.26 bits per heavy atom. The van der Waals surface area contributed by atoms with Crippen LogP contribution in [0.15, 0.2) is 0 Å². The lowest BCUT2D eigenvalue weighted by Gasteiger charge is -2.41. The highest BCUT2D eigenvalue weighted by molar-refractivity contribution is 5.82. The van der Waals surface area contributed by atoms with Crippen LogP contribution >= 0.6 is 0 Å². The zero-order valence-corrected chi connectivity index (χ0v) is 11.3. The molecule has 3 amide bonds. The molecule has 0 aromatic rings. The molecular formula is C12H21N3O4. The first kappa shape index (κ1) is 15.3. The number of primary amides is 1. The van der Waals surface area contributed by atoms with Crippen molar-refractivity contribution < 1.29 is 19.5 Å². The lowest BCUT2D eigenvalue weighted by molar-refractivity contribution is -0.139. The first-order chi connectivity index (χ1) is 8.67. The van der Waals surface area contributed by atoms with Gasteiger partial charge in [0, 0.05) is 6.54 Å². The van der Waals surface area contributed by atoms with Gasteiger partial charge in [-0.2, -0.15) is 0 Å². The van der Waals surface area contributed by atoms with Crippen molar-refractivity contribution in [2.45, 2.75) is 45.1 Å². The van der Waals surface area contributed by atoms with Crippen molar-refractivity contribution in [2.24, 2.45) is 11.1 Å². The van der Waals surface area contributed by atoms with Gasteiger partial charge in [0.05, 0.1) is 17.4 Å². The van der Waals surface area contributed by atoms with Crippen molar-refractivity contribution in [3.8, 4) is 0 Å². The molecule has 19 heavy (non-hydrogen) atoms. The maximum atomic E-state index is 11.7. The van der Waals surface area contributed by atoms with Crippen LogP contribution in [0.3, 0.4) is 0 Å². The number of urea groups is 1. The number of carboxylic acids is 1. The van der Waals surface area contributed by atoms with Gasteiger partial charge in [-0.15, -0.1) is 0 Å². The first-order valence-corrected chi connectivity index (χ1v) is 6.25. The van der Waals surface area contributed by atoms with E-state index in [2.05, 4.69) is 10.6 Å². The van der Waals surface area contributed by atoms with Crippen LogP contribution in [0.1, 0.15) is 39.5 Å². The highest BCUT2D eigenvalue weighted by Gasteiger charge is 2.40. The highest BCUT2D eigenvalue weighted by Crippen LogP contribution is 2.34. The van der Waals surface area contributed by atoms with E-state index in [1.54, 1.807) is 13.8 Å². The van der Waals surface area contributed by atoms with Crippen molar-refractivity contribution >= 4 is 17.9 Å². The summed E-state index contributed by atoms with van der Waals surface area (Å²) < 4.78 is 0. The van der Waals surface area contributed by atoms with Crippen LogP contribution in [0.4, 0.5) is 4.79 Å². The summed E-state index contributed by atoms with van der Waals surface area (Å²) in [5, 5.41) is 14.1. The van der Waals surface area contributed by atoms with Gasteiger partial charge in [-0.3, -0.25) is 9.59 Å². The maximum absolute atomic E-state index is 11.7. The zero-order valence-electron chi connectivity index (χ0n) is 11.3. The molecule has 7 heteroatoms. The Bertz CT molecular complexity index is 388. The number of amides is 3. The Morgan fingerprint density at radius 1 is 1.32 bits per heavy atom. The van der Waals surface area contributed by atoms with Gasteiger partial charge in [-0.05, 0) is 33.1 Å². The molecule has 1 rings (SSSR count). The fourth-order valence-electron chi connectivity index (χ4n) is 1.91. The summed E-state index contributed by atoms with van der Waals surface area (Å²) in [5.41, 5.74) is 3.72. The summed E-state index contributed by atoms with van der Waals surface area (Å²) >= 11 is 0. The minimum atomic E-state index is -0.933. The molecular weight excluding hydrogens is 250 g/mol. The second-order valence-corrected chi connectivity index (χ2v) is 5.76. The van der Waals surface area contributed by atoms with Crippen LogP contribution in [-0.4, -0.2) is 35.1 Å². The molecule has 0 aromatic carbocycles. The van der Waals surface area contributed by atoms with Crippen LogP contribution in [-0.2, 0) is 9.59 Å². The Hall–Kier alpha value is -1.79. The molecule has 7 nitrogen and oxygen atoms in total. The van der Waals surface area contributed by atoms with Crippen molar-refractivity contribution in [3.05, 3.63) is 0 Å². The van der Waals surface area contributed by atoms with Gasteiger partial charge in [0.1, 0.15) is 0 Å². The summed E-state index contributed by atoms with van der Waals surface area (Å²) in [6.07, 6.45) is 2.14. The van der Waals surface area contributed by atoms with E-state index in [1.807, 2.05) is 0 Å². The summed E-state index contributed by atoms with van der Waals surface area (Å²) in [6.45, 7) is 3.37. The molecule has 0 aliphatic heterocycles. The topological polar surface area (TPSA) is 122 Å². The predicted octanol–water partition coefficient (Wildman–Crippen LogP) is 0.195. The summed E-state index contributed by atoms with van der Waals surface area (Å²) in [5.74, 6) is -1.44. The minimum absolute atomic E-state index is 0.0837. The molecule has 0 spiro atoms. The highest BCUT2D eigenvalue weighted by atomic mass is 16.4. The standard InChI is InChI=1S/C12H21N3O4/c1-11(2,9(13)18)7-14-10(19)15-12(4-3-5-12)6-8(16)17/h3-7H2,1-2H3,(H2,13,18)(H,16,17)(H2,14,15,19). The number of nitrogens with two attached hydrogens (primary N) is 1. The van der Waals surface area contributed by atoms with E-state index in [9.17, 15) is 14.4 Å². The Balaban J connectivity index is 2.46. The zero-order chi connectivity index (χ0) is 14.7. The van der Waals surface area contributed by atoms with Crippen molar-refractivity contribution in [1.29, 1.82) is 0 Å². The smallest absolute Gasteiger partial charge is 0.315 e. The van der Waals surface area contributed by atoms with Crippen molar-refractivity contribution in [2.75, 3.05) is 6.54 Å². The fourth-order valence-corrected chi connectivity index (χ4v) is 1.91. The third-order valence-electron chi connectivity index (χ3n) is 3.54. The lowest BCUT2D eigenvalue weighted by atomic mass is 9.74. The van der Waals surface area contributed by atoms with Gasteiger partial charge < -0.3 is 21.5 Å². The first-order valence-electron chi connectivity index (χ1n) is 6.25. The van der Waals surface area contributed by atoms with E-state index in [1.165, 1.54) is 0 Å². The second kappa shape index (κ2) is 5.46. The summed E-state index contributed by atoms with van der Waals surface area (Å²) in [7, 11) is 0. The quantitative estimate of drug-likeness (QED) is 0.551. The number of nitrogens with one attached hydrogen (secondary N) is 2. The minimum Gasteiger partial charge on any atom is -0.481 e. The van der Waals surface area contributed by atoms with Crippen LogP contribution in [0, 0.1) is 5.41 Å². The molecule has 5 N–H and O–H groups in total. The summed E-state index contributed by atoms with van der Waals surface area (Å²) in [6, 6.07) is -0.463. The third-order valence-corrected chi connectivity index (χ3v) is 3.54. The SMILES string of the molecule is CC(C)(CNC(=O)NC1(CC(=O)O)CCC1)C(N)=O. The normalized spacial score (nSPS) is 17.2. The molecule has 0 bridgehead atoms. The van der Waals surface area contributed by atoms with Gasteiger partial charge in [0.2, 0.25) is 5.91 Å². The Morgan fingerprint density at radius 2 is 1.89 bits per heavy atom. The molecule has 0 atom stereocenters. The molecule has 0 aromatic heterocycles. The van der Waals surface area contributed by atoms with Gasteiger partial charge in [-0.25, -0.2) is 4.79 Å². The predicted molar refractivity (Wildman–Crippen MR) is 68.3 cm³/mol. The molecule has 1 aliphatic rings. The fraction of sp³-hybridized carbons (Fsp3) is 0.750. The number of hydrogen-bond donors (Lipinski definition) is 4. The molecule has 108 valence electrons. The molecule has 0 saturated heterocycles.